The molecule has 0 saturated heterocycles. The topological polar surface area (TPSA) is 65.0 Å². The number of hydrogen-bond acceptors (Lipinski definition) is 4. The number of carboxylic acids is 1. The molecule has 0 bridgehead atoms. The number of carboxylic acid groups (broad SMARTS) is 1. The Morgan fingerprint density at radius 2 is 1.82 bits per heavy atom. The van der Waals surface area contributed by atoms with E-state index in [-0.39, 0.29) is 17.9 Å². The molecule has 5 heteroatoms. The molecule has 0 unspecified atom stereocenters. The van der Waals surface area contributed by atoms with Gasteiger partial charge in [0.25, 0.3) is 0 Å². The summed E-state index contributed by atoms with van der Waals surface area (Å²) in [6.45, 7) is 2.54. The van der Waals surface area contributed by atoms with E-state index < -0.39 is 5.97 Å². The standard InChI is InChI=1S/C17H18O5/c1-12-4-3-5-14(10-12)21-8-9-22-16-11-13(20-2)6-7-15(16)17(18)19/h3-7,10-11H,8-9H2,1-2H3,(H,18,19). The third-order valence-corrected chi connectivity index (χ3v) is 3.02. The number of methoxy groups -OCH3 is 1. The third kappa shape index (κ3) is 4.15. The average molecular weight is 302 g/mol. The molecule has 22 heavy (non-hydrogen) atoms. The molecule has 0 heterocycles. The highest BCUT2D eigenvalue weighted by Gasteiger charge is 2.12. The van der Waals surface area contributed by atoms with E-state index in [2.05, 4.69) is 0 Å². The summed E-state index contributed by atoms with van der Waals surface area (Å²) in [5, 5.41) is 9.14. The second-order valence-corrected chi connectivity index (χ2v) is 4.68. The summed E-state index contributed by atoms with van der Waals surface area (Å²) < 4.78 is 16.1. The van der Waals surface area contributed by atoms with E-state index in [0.717, 1.165) is 11.3 Å². The smallest absolute Gasteiger partial charge is 0.339 e. The number of hydrogen-bond donors (Lipinski definition) is 1. The number of benzene rings is 2. The first-order valence-electron chi connectivity index (χ1n) is 6.84. The molecule has 0 aliphatic carbocycles. The molecule has 0 atom stereocenters. The minimum Gasteiger partial charge on any atom is -0.497 e. The normalized spacial score (nSPS) is 10.1. The third-order valence-electron chi connectivity index (χ3n) is 3.02. The van der Waals surface area contributed by atoms with Crippen molar-refractivity contribution < 1.29 is 24.1 Å². The van der Waals surface area contributed by atoms with Gasteiger partial charge in [0.2, 0.25) is 0 Å². The second kappa shape index (κ2) is 7.36. The maximum absolute atomic E-state index is 11.2. The molecule has 2 aromatic rings. The van der Waals surface area contributed by atoms with Crippen LogP contribution in [-0.2, 0) is 0 Å². The monoisotopic (exact) mass is 302 g/mol. The molecule has 5 nitrogen and oxygen atoms in total. The Labute approximate surface area is 129 Å². The van der Waals surface area contributed by atoms with Crippen molar-refractivity contribution in [1.29, 1.82) is 0 Å². The molecule has 1 N–H and O–H groups in total. The molecular formula is C17H18O5. The second-order valence-electron chi connectivity index (χ2n) is 4.68. The zero-order valence-electron chi connectivity index (χ0n) is 12.5. The minimum atomic E-state index is -1.04. The fourth-order valence-corrected chi connectivity index (χ4v) is 1.94. The highest BCUT2D eigenvalue weighted by atomic mass is 16.5. The van der Waals surface area contributed by atoms with Crippen LogP contribution in [0.15, 0.2) is 42.5 Å². The fraction of sp³-hybridized carbons (Fsp3) is 0.235. The molecule has 116 valence electrons. The molecule has 0 aliphatic rings. The van der Waals surface area contributed by atoms with E-state index in [9.17, 15) is 4.79 Å². The lowest BCUT2D eigenvalue weighted by Gasteiger charge is -2.11. The molecule has 2 aromatic carbocycles. The van der Waals surface area contributed by atoms with Crippen LogP contribution in [0.3, 0.4) is 0 Å². The molecule has 0 amide bonds. The molecule has 2 rings (SSSR count). The van der Waals surface area contributed by atoms with E-state index in [1.54, 1.807) is 12.1 Å². The molecule has 0 aliphatic heterocycles. The Kier molecular flexibility index (Phi) is 5.25. The predicted octanol–water partition coefficient (Wildman–Crippen LogP) is 3.16. The summed E-state index contributed by atoms with van der Waals surface area (Å²) >= 11 is 0. The van der Waals surface area contributed by atoms with Gasteiger partial charge in [-0.15, -0.1) is 0 Å². The highest BCUT2D eigenvalue weighted by molar-refractivity contribution is 5.91. The number of aromatic carboxylic acids is 1. The summed E-state index contributed by atoms with van der Waals surface area (Å²) in [5.41, 5.74) is 1.20. The SMILES string of the molecule is COc1ccc(C(=O)O)c(OCCOc2cccc(C)c2)c1. The van der Waals surface area contributed by atoms with Gasteiger partial charge in [-0.1, -0.05) is 12.1 Å². The number of carbonyl (C=O) groups is 1. The molecule has 0 spiro atoms. The van der Waals surface area contributed by atoms with Crippen LogP contribution in [0.2, 0.25) is 0 Å². The van der Waals surface area contributed by atoms with Crippen LogP contribution in [0.1, 0.15) is 15.9 Å². The van der Waals surface area contributed by atoms with Crippen molar-refractivity contribution in [3.05, 3.63) is 53.6 Å². The van der Waals surface area contributed by atoms with Gasteiger partial charge < -0.3 is 19.3 Å². The maximum atomic E-state index is 11.2. The summed E-state index contributed by atoms with van der Waals surface area (Å²) in [6.07, 6.45) is 0. The van der Waals surface area contributed by atoms with Crippen molar-refractivity contribution in [2.24, 2.45) is 0 Å². The van der Waals surface area contributed by atoms with Crippen molar-refractivity contribution >= 4 is 5.97 Å². The van der Waals surface area contributed by atoms with Crippen molar-refractivity contribution in [1.82, 2.24) is 0 Å². The number of ether oxygens (including phenoxy) is 3. The fourth-order valence-electron chi connectivity index (χ4n) is 1.94. The van der Waals surface area contributed by atoms with Crippen molar-refractivity contribution in [3.63, 3.8) is 0 Å². The number of rotatable bonds is 7. The quantitative estimate of drug-likeness (QED) is 0.796. The first kappa shape index (κ1) is 15.7. The van der Waals surface area contributed by atoms with E-state index in [0.29, 0.717) is 12.4 Å². The van der Waals surface area contributed by atoms with E-state index >= 15 is 0 Å². The largest absolute Gasteiger partial charge is 0.497 e. The summed E-state index contributed by atoms with van der Waals surface area (Å²) in [7, 11) is 1.51. The van der Waals surface area contributed by atoms with Crippen LogP contribution in [0.5, 0.6) is 17.2 Å². The molecule has 0 radical (unpaired) electrons. The first-order valence-corrected chi connectivity index (χ1v) is 6.84. The molecule has 0 saturated carbocycles. The van der Waals surface area contributed by atoms with Gasteiger partial charge >= 0.3 is 5.97 Å². The van der Waals surface area contributed by atoms with E-state index in [4.69, 9.17) is 19.3 Å². The van der Waals surface area contributed by atoms with Crippen LogP contribution < -0.4 is 14.2 Å². The minimum absolute atomic E-state index is 0.0938. The van der Waals surface area contributed by atoms with Gasteiger partial charge in [0.1, 0.15) is 36.0 Å². The summed E-state index contributed by atoms with van der Waals surface area (Å²) in [5.74, 6) is 0.518. The van der Waals surface area contributed by atoms with Gasteiger partial charge in [-0.2, -0.15) is 0 Å². The van der Waals surface area contributed by atoms with Gasteiger partial charge in [0.05, 0.1) is 7.11 Å². The van der Waals surface area contributed by atoms with Gasteiger partial charge in [-0.05, 0) is 36.8 Å². The predicted molar refractivity (Wildman–Crippen MR) is 82.1 cm³/mol. The van der Waals surface area contributed by atoms with Crippen LogP contribution in [-0.4, -0.2) is 31.4 Å². The molecular weight excluding hydrogens is 284 g/mol. The molecule has 0 fully saturated rings. The zero-order valence-corrected chi connectivity index (χ0v) is 12.5. The van der Waals surface area contributed by atoms with Crippen LogP contribution in [0, 0.1) is 6.92 Å². The van der Waals surface area contributed by atoms with Crippen LogP contribution >= 0.6 is 0 Å². The summed E-state index contributed by atoms with van der Waals surface area (Å²) in [4.78, 5) is 11.2. The van der Waals surface area contributed by atoms with Gasteiger partial charge in [-0.25, -0.2) is 4.79 Å². The van der Waals surface area contributed by atoms with E-state index in [1.807, 2.05) is 31.2 Å². The van der Waals surface area contributed by atoms with Crippen molar-refractivity contribution in [3.8, 4) is 17.2 Å². The van der Waals surface area contributed by atoms with E-state index in [1.165, 1.54) is 13.2 Å². The Bertz CT molecular complexity index is 651. The number of aryl methyl sites for hydroxylation is 1. The Morgan fingerprint density at radius 3 is 2.50 bits per heavy atom. The van der Waals surface area contributed by atoms with Gasteiger partial charge in [0, 0.05) is 6.07 Å². The zero-order chi connectivity index (χ0) is 15.9. The Hall–Kier alpha value is -2.69. The lowest BCUT2D eigenvalue weighted by Crippen LogP contribution is -2.11. The first-order chi connectivity index (χ1) is 10.6. The Balaban J connectivity index is 1.94. The van der Waals surface area contributed by atoms with Crippen LogP contribution in [0.25, 0.3) is 0 Å². The van der Waals surface area contributed by atoms with Crippen molar-refractivity contribution in [2.75, 3.05) is 20.3 Å². The Morgan fingerprint density at radius 1 is 1.05 bits per heavy atom. The average Bonchev–Trinajstić information content (AvgIpc) is 2.51. The van der Waals surface area contributed by atoms with Gasteiger partial charge in [0.15, 0.2) is 0 Å². The molecule has 0 aromatic heterocycles. The van der Waals surface area contributed by atoms with Gasteiger partial charge in [-0.3, -0.25) is 0 Å². The lowest BCUT2D eigenvalue weighted by atomic mass is 10.2. The van der Waals surface area contributed by atoms with Crippen molar-refractivity contribution in [2.45, 2.75) is 6.92 Å². The summed E-state index contributed by atoms with van der Waals surface area (Å²) in [6, 6.07) is 12.3. The lowest BCUT2D eigenvalue weighted by molar-refractivity contribution is 0.0691. The maximum Gasteiger partial charge on any atom is 0.339 e. The highest BCUT2D eigenvalue weighted by Crippen LogP contribution is 2.25. The van der Waals surface area contributed by atoms with Crippen LogP contribution in [0.4, 0.5) is 0 Å².